The molecule has 3 aromatic carbocycles. The molecule has 0 saturated carbocycles. The van der Waals surface area contributed by atoms with Crippen molar-refractivity contribution in [2.24, 2.45) is 0 Å². The Balaban J connectivity index is 1.88. The number of aryl methyl sites for hydroxylation is 1. The van der Waals surface area contributed by atoms with Gasteiger partial charge >= 0.3 is 0 Å². The van der Waals surface area contributed by atoms with Crippen molar-refractivity contribution in [2.45, 2.75) is 23.1 Å². The number of anilines is 2. The van der Waals surface area contributed by atoms with Gasteiger partial charge in [0.25, 0.3) is 0 Å². The molecule has 0 atom stereocenters. The third-order valence-electron chi connectivity index (χ3n) is 4.00. The van der Waals surface area contributed by atoms with Crippen LogP contribution in [0.4, 0.5) is 11.4 Å². The summed E-state index contributed by atoms with van der Waals surface area (Å²) in [4.78, 5) is 14.4. The van der Waals surface area contributed by atoms with Crippen molar-refractivity contribution in [1.29, 1.82) is 0 Å². The highest BCUT2D eigenvalue weighted by atomic mass is 32.2. The molecule has 126 valence electrons. The van der Waals surface area contributed by atoms with Crippen molar-refractivity contribution in [2.75, 3.05) is 11.5 Å². The summed E-state index contributed by atoms with van der Waals surface area (Å²) >= 11 is 1.51. The van der Waals surface area contributed by atoms with E-state index in [2.05, 4.69) is 31.2 Å². The van der Waals surface area contributed by atoms with E-state index in [1.54, 1.807) is 24.3 Å². The lowest BCUT2D eigenvalue weighted by Gasteiger charge is -2.12. The number of rotatable bonds is 5. The average Bonchev–Trinajstić information content (AvgIpc) is 2.65. The van der Waals surface area contributed by atoms with E-state index in [-0.39, 0.29) is 5.78 Å². The van der Waals surface area contributed by atoms with Crippen molar-refractivity contribution in [3.05, 3.63) is 83.4 Å². The Morgan fingerprint density at radius 2 is 1.48 bits per heavy atom. The van der Waals surface area contributed by atoms with Crippen molar-refractivity contribution in [3.63, 3.8) is 0 Å². The highest BCUT2D eigenvalue weighted by molar-refractivity contribution is 7.99. The van der Waals surface area contributed by atoms with E-state index in [0.29, 0.717) is 22.5 Å². The lowest BCUT2D eigenvalue weighted by atomic mass is 10.0. The summed E-state index contributed by atoms with van der Waals surface area (Å²) in [6.07, 6.45) is 1.01. The molecule has 0 heterocycles. The van der Waals surface area contributed by atoms with Crippen LogP contribution < -0.4 is 11.5 Å². The maximum absolute atomic E-state index is 12.6. The van der Waals surface area contributed by atoms with E-state index >= 15 is 0 Å². The summed E-state index contributed by atoms with van der Waals surface area (Å²) in [5, 5.41) is 0. The molecule has 0 amide bonds. The molecule has 3 nitrogen and oxygen atoms in total. The second-order valence-corrected chi connectivity index (χ2v) is 6.86. The number of benzene rings is 3. The van der Waals surface area contributed by atoms with Crippen molar-refractivity contribution in [3.8, 4) is 0 Å². The molecule has 25 heavy (non-hydrogen) atoms. The molecule has 4 N–H and O–H groups in total. The zero-order valence-corrected chi connectivity index (χ0v) is 14.8. The fourth-order valence-electron chi connectivity index (χ4n) is 2.59. The summed E-state index contributed by atoms with van der Waals surface area (Å²) in [7, 11) is 0. The Morgan fingerprint density at radius 3 is 2.04 bits per heavy atom. The first-order chi connectivity index (χ1) is 12.1. The van der Waals surface area contributed by atoms with E-state index in [9.17, 15) is 4.79 Å². The number of hydrogen-bond donors (Lipinski definition) is 2. The summed E-state index contributed by atoms with van der Waals surface area (Å²) < 4.78 is 0. The summed E-state index contributed by atoms with van der Waals surface area (Å²) in [5.74, 6) is -0.0807. The molecule has 0 unspecified atom stereocenters. The molecule has 4 heteroatoms. The number of carbonyl (C=O) groups excluding carboxylic acids is 1. The molecule has 0 spiro atoms. The van der Waals surface area contributed by atoms with Crippen LogP contribution in [-0.2, 0) is 6.42 Å². The number of carbonyl (C=O) groups is 1. The van der Waals surface area contributed by atoms with Crippen molar-refractivity contribution >= 4 is 28.9 Å². The zero-order valence-electron chi connectivity index (χ0n) is 14.0. The molecule has 0 saturated heterocycles. The summed E-state index contributed by atoms with van der Waals surface area (Å²) in [6, 6.07) is 20.8. The molecule has 0 aromatic heterocycles. The minimum absolute atomic E-state index is 0.0807. The molecule has 0 fully saturated rings. The van der Waals surface area contributed by atoms with E-state index in [1.165, 1.54) is 17.3 Å². The van der Waals surface area contributed by atoms with Crippen LogP contribution >= 0.6 is 11.8 Å². The molecule has 0 aliphatic carbocycles. The van der Waals surface area contributed by atoms with Crippen LogP contribution in [0.5, 0.6) is 0 Å². The first-order valence-corrected chi connectivity index (χ1v) is 8.95. The van der Waals surface area contributed by atoms with Gasteiger partial charge in [-0.1, -0.05) is 61.2 Å². The Labute approximate surface area is 152 Å². The number of ketones is 1. The molecule has 0 aliphatic rings. The second-order valence-electron chi connectivity index (χ2n) is 5.78. The first kappa shape index (κ1) is 17.1. The Kier molecular flexibility index (Phi) is 5.10. The monoisotopic (exact) mass is 348 g/mol. The maximum atomic E-state index is 12.6. The molecule has 3 aromatic rings. The van der Waals surface area contributed by atoms with Gasteiger partial charge in [-0.05, 0) is 36.2 Å². The fourth-order valence-corrected chi connectivity index (χ4v) is 3.45. The normalized spacial score (nSPS) is 10.6. The lowest BCUT2D eigenvalue weighted by molar-refractivity contribution is 0.103. The zero-order chi connectivity index (χ0) is 17.8. The van der Waals surface area contributed by atoms with Gasteiger partial charge in [0, 0.05) is 27.4 Å². The van der Waals surface area contributed by atoms with Gasteiger partial charge in [-0.3, -0.25) is 4.79 Å². The lowest BCUT2D eigenvalue weighted by Crippen LogP contribution is -2.05. The first-order valence-electron chi connectivity index (χ1n) is 8.14. The predicted octanol–water partition coefficient (Wildman–Crippen LogP) is 4.80. The highest BCUT2D eigenvalue weighted by Crippen LogP contribution is 2.37. The highest BCUT2D eigenvalue weighted by Gasteiger charge is 2.14. The van der Waals surface area contributed by atoms with Gasteiger partial charge in [0.15, 0.2) is 5.78 Å². The van der Waals surface area contributed by atoms with Gasteiger partial charge in [-0.25, -0.2) is 0 Å². The van der Waals surface area contributed by atoms with E-state index in [4.69, 9.17) is 11.5 Å². The van der Waals surface area contributed by atoms with Crippen LogP contribution in [0.2, 0.25) is 0 Å². The van der Waals surface area contributed by atoms with Gasteiger partial charge < -0.3 is 11.5 Å². The van der Waals surface area contributed by atoms with Crippen LogP contribution in [0, 0.1) is 0 Å². The molecule has 0 aliphatic heterocycles. The standard InChI is InChI=1S/C21H20N2OS/c1-2-14-8-10-17(11-9-14)25-21-18(22)12-16(13-19(21)23)20(24)15-6-4-3-5-7-15/h3-13H,2,22-23H2,1H3. The van der Waals surface area contributed by atoms with Gasteiger partial charge in [0.2, 0.25) is 0 Å². The maximum Gasteiger partial charge on any atom is 0.193 e. The van der Waals surface area contributed by atoms with Crippen molar-refractivity contribution < 1.29 is 4.79 Å². The van der Waals surface area contributed by atoms with Crippen LogP contribution in [0.1, 0.15) is 28.4 Å². The van der Waals surface area contributed by atoms with Crippen molar-refractivity contribution in [1.82, 2.24) is 0 Å². The van der Waals surface area contributed by atoms with Gasteiger partial charge in [0.05, 0.1) is 4.90 Å². The third-order valence-corrected chi connectivity index (χ3v) is 5.18. The second kappa shape index (κ2) is 7.45. The molecule has 0 bridgehead atoms. The Hall–Kier alpha value is -2.72. The van der Waals surface area contributed by atoms with E-state index in [0.717, 1.165) is 16.2 Å². The van der Waals surface area contributed by atoms with E-state index < -0.39 is 0 Å². The predicted molar refractivity (Wildman–Crippen MR) is 105 cm³/mol. The van der Waals surface area contributed by atoms with Crippen LogP contribution in [0.25, 0.3) is 0 Å². The molecule has 3 rings (SSSR count). The number of hydrogen-bond acceptors (Lipinski definition) is 4. The average molecular weight is 348 g/mol. The SMILES string of the molecule is CCc1ccc(Sc2c(N)cc(C(=O)c3ccccc3)cc2N)cc1. The number of nitrogens with two attached hydrogens (primary N) is 2. The molecule has 0 radical (unpaired) electrons. The van der Waals surface area contributed by atoms with Gasteiger partial charge in [0.1, 0.15) is 0 Å². The molecular formula is C21H20N2OS. The summed E-state index contributed by atoms with van der Waals surface area (Å²) in [6.45, 7) is 2.13. The fraction of sp³-hybridized carbons (Fsp3) is 0.0952. The van der Waals surface area contributed by atoms with Crippen LogP contribution in [-0.4, -0.2) is 5.78 Å². The van der Waals surface area contributed by atoms with Crippen LogP contribution in [0.15, 0.2) is 76.5 Å². The summed E-state index contributed by atoms with van der Waals surface area (Å²) in [5.41, 5.74) is 15.8. The minimum atomic E-state index is -0.0807. The number of nitrogen functional groups attached to an aromatic ring is 2. The molecular weight excluding hydrogens is 328 g/mol. The Bertz CT molecular complexity index is 867. The quantitative estimate of drug-likeness (QED) is 0.513. The largest absolute Gasteiger partial charge is 0.398 e. The topological polar surface area (TPSA) is 69.1 Å². The van der Waals surface area contributed by atoms with Crippen LogP contribution in [0.3, 0.4) is 0 Å². The Morgan fingerprint density at radius 1 is 0.880 bits per heavy atom. The van der Waals surface area contributed by atoms with E-state index in [1.807, 2.05) is 18.2 Å². The van der Waals surface area contributed by atoms with Gasteiger partial charge in [-0.2, -0.15) is 0 Å². The minimum Gasteiger partial charge on any atom is -0.398 e. The van der Waals surface area contributed by atoms with Gasteiger partial charge in [-0.15, -0.1) is 0 Å². The smallest absolute Gasteiger partial charge is 0.193 e. The third kappa shape index (κ3) is 3.86.